The highest BCUT2D eigenvalue weighted by molar-refractivity contribution is 6.05. The van der Waals surface area contributed by atoms with Crippen LogP contribution in [0.2, 0.25) is 0 Å². The van der Waals surface area contributed by atoms with Crippen molar-refractivity contribution < 1.29 is 18.3 Å². The first-order valence-corrected chi connectivity index (χ1v) is 15.0. The molecule has 1 aliphatic rings. The summed E-state index contributed by atoms with van der Waals surface area (Å²) in [5, 5.41) is 3.30. The van der Waals surface area contributed by atoms with Gasteiger partial charge in [0.2, 0.25) is 0 Å². The van der Waals surface area contributed by atoms with Crippen molar-refractivity contribution in [2.75, 3.05) is 39.6 Å². The number of benzene rings is 3. The zero-order valence-corrected chi connectivity index (χ0v) is 25.9. The average Bonchev–Trinajstić information content (AvgIpc) is 3.00. The van der Waals surface area contributed by atoms with E-state index in [4.69, 9.17) is 9.73 Å². The SMILES string of the molecule is C=CC(F)(F)c1cc(N=C2c3ccccc3C(c3ccc(C(=O)OC)cc3)CCC(C)C2CC)cc(NCCN(C)C)c1. The number of allylic oxidation sites excluding steroid dienone is 1. The lowest BCUT2D eigenvalue weighted by Gasteiger charge is -2.33. The first kappa shape index (κ1) is 32.1. The van der Waals surface area contributed by atoms with Gasteiger partial charge >= 0.3 is 5.97 Å². The normalized spacial score (nSPS) is 19.8. The third-order valence-corrected chi connectivity index (χ3v) is 8.43. The van der Waals surface area contributed by atoms with E-state index in [2.05, 4.69) is 37.9 Å². The number of hydrogen-bond acceptors (Lipinski definition) is 5. The van der Waals surface area contributed by atoms with Gasteiger partial charge in [-0.1, -0.05) is 56.8 Å². The molecule has 5 nitrogen and oxygen atoms in total. The second-order valence-corrected chi connectivity index (χ2v) is 11.6. The predicted octanol–water partition coefficient (Wildman–Crippen LogP) is 8.43. The number of fused-ring (bicyclic) bond motifs is 1. The number of alkyl halides is 2. The molecule has 1 N–H and O–H groups in total. The maximum absolute atomic E-state index is 14.9. The molecule has 7 heteroatoms. The summed E-state index contributed by atoms with van der Waals surface area (Å²) in [4.78, 5) is 19.3. The lowest BCUT2D eigenvalue weighted by atomic mass is 9.72. The van der Waals surface area contributed by atoms with Crippen LogP contribution in [-0.2, 0) is 10.7 Å². The molecule has 0 saturated carbocycles. The van der Waals surface area contributed by atoms with Crippen LogP contribution in [0.1, 0.15) is 71.6 Å². The maximum Gasteiger partial charge on any atom is 0.337 e. The van der Waals surface area contributed by atoms with Gasteiger partial charge < -0.3 is 15.0 Å². The van der Waals surface area contributed by atoms with Crippen LogP contribution in [0.15, 0.2) is 84.4 Å². The number of methoxy groups -OCH3 is 1. The average molecular weight is 588 g/mol. The molecule has 4 rings (SSSR count). The minimum Gasteiger partial charge on any atom is -0.465 e. The Kier molecular flexibility index (Phi) is 10.5. The Balaban J connectivity index is 1.86. The molecule has 43 heavy (non-hydrogen) atoms. The van der Waals surface area contributed by atoms with Gasteiger partial charge in [-0.15, -0.1) is 0 Å². The maximum atomic E-state index is 14.9. The Labute approximate surface area is 254 Å². The molecule has 3 aromatic rings. The molecule has 0 heterocycles. The van der Waals surface area contributed by atoms with Crippen molar-refractivity contribution in [3.05, 3.63) is 107 Å². The van der Waals surface area contributed by atoms with E-state index >= 15 is 0 Å². The number of nitrogens with one attached hydrogen (secondary N) is 1. The first-order valence-electron chi connectivity index (χ1n) is 15.0. The number of anilines is 1. The molecule has 0 saturated heterocycles. The monoisotopic (exact) mass is 587 g/mol. The Morgan fingerprint density at radius 1 is 1.12 bits per heavy atom. The Bertz CT molecular complexity index is 1450. The third-order valence-electron chi connectivity index (χ3n) is 8.43. The molecule has 3 unspecified atom stereocenters. The van der Waals surface area contributed by atoms with Crippen LogP contribution >= 0.6 is 0 Å². The van der Waals surface area contributed by atoms with E-state index in [1.54, 1.807) is 0 Å². The van der Waals surface area contributed by atoms with Crippen LogP contribution < -0.4 is 5.32 Å². The lowest BCUT2D eigenvalue weighted by molar-refractivity contribution is 0.0526. The van der Waals surface area contributed by atoms with Crippen LogP contribution in [-0.4, -0.2) is 50.9 Å². The number of hydrogen-bond donors (Lipinski definition) is 1. The van der Waals surface area contributed by atoms with Crippen molar-refractivity contribution in [1.29, 1.82) is 0 Å². The molecule has 228 valence electrons. The molecule has 0 aromatic heterocycles. The number of likely N-dealkylation sites (N-methyl/N-ethyl adjacent to an activating group) is 1. The summed E-state index contributed by atoms with van der Waals surface area (Å²) in [7, 11) is 5.32. The quantitative estimate of drug-likeness (QED) is 0.191. The second kappa shape index (κ2) is 14.1. The molecule has 0 aliphatic heterocycles. The van der Waals surface area contributed by atoms with Gasteiger partial charge in [-0.25, -0.2) is 4.79 Å². The van der Waals surface area contributed by atoms with Gasteiger partial charge in [-0.3, -0.25) is 4.99 Å². The Morgan fingerprint density at radius 3 is 2.49 bits per heavy atom. The third kappa shape index (κ3) is 7.57. The van der Waals surface area contributed by atoms with E-state index in [0.717, 1.165) is 48.2 Å². The van der Waals surface area contributed by atoms with E-state index in [0.29, 0.717) is 35.5 Å². The predicted molar refractivity (Wildman–Crippen MR) is 172 cm³/mol. The number of carbonyl (C=O) groups is 1. The van der Waals surface area contributed by atoms with Gasteiger partial charge in [0.1, 0.15) is 0 Å². The summed E-state index contributed by atoms with van der Waals surface area (Å²) < 4.78 is 34.8. The highest BCUT2D eigenvalue weighted by Gasteiger charge is 2.32. The van der Waals surface area contributed by atoms with E-state index in [-0.39, 0.29) is 23.4 Å². The molecule has 1 aliphatic carbocycles. The second-order valence-electron chi connectivity index (χ2n) is 11.6. The number of ether oxygens (including phenoxy) is 1. The highest BCUT2D eigenvalue weighted by Crippen LogP contribution is 2.41. The summed E-state index contributed by atoms with van der Waals surface area (Å²) in [6.07, 6.45) is 3.48. The van der Waals surface area contributed by atoms with E-state index in [9.17, 15) is 13.6 Å². The van der Waals surface area contributed by atoms with Crippen molar-refractivity contribution in [3.8, 4) is 0 Å². The number of halogens is 2. The minimum absolute atomic E-state index is 0.0908. The molecular formula is C36H43F2N3O2. The standard InChI is InChI=1S/C36H43F2N3O2/c1-7-30-24(3)13-18-31(25-14-16-26(17-15-25)35(42)43-6)32-11-9-10-12-33(32)34(30)40-29-22-27(36(37,38)8-2)21-28(23-29)39-19-20-41(4)5/h8-12,14-17,21-24,30-31,39H,2,7,13,18-20H2,1,3-6H3. The lowest BCUT2D eigenvalue weighted by Crippen LogP contribution is -2.27. The van der Waals surface area contributed by atoms with Gasteiger partial charge in [-0.05, 0) is 86.8 Å². The smallest absolute Gasteiger partial charge is 0.337 e. The fourth-order valence-electron chi connectivity index (χ4n) is 6.00. The van der Waals surface area contributed by atoms with Crippen LogP contribution in [0.25, 0.3) is 0 Å². The van der Waals surface area contributed by atoms with Gasteiger partial charge in [-0.2, -0.15) is 8.78 Å². The Morgan fingerprint density at radius 2 is 1.84 bits per heavy atom. The Hall–Kier alpha value is -3.84. The molecule has 0 amide bonds. The van der Waals surface area contributed by atoms with Crippen LogP contribution in [0.4, 0.5) is 20.2 Å². The minimum atomic E-state index is -3.19. The number of aliphatic imine (C=N–C) groups is 1. The van der Waals surface area contributed by atoms with Gasteiger partial charge in [0.25, 0.3) is 5.92 Å². The van der Waals surface area contributed by atoms with Gasteiger partial charge in [0, 0.05) is 41.7 Å². The highest BCUT2D eigenvalue weighted by atomic mass is 19.3. The molecule has 3 atom stereocenters. The largest absolute Gasteiger partial charge is 0.465 e. The zero-order chi connectivity index (χ0) is 31.1. The van der Waals surface area contributed by atoms with Crippen molar-refractivity contribution in [1.82, 2.24) is 4.90 Å². The summed E-state index contributed by atoms with van der Waals surface area (Å²) in [6.45, 7) is 9.17. The fourth-order valence-corrected chi connectivity index (χ4v) is 6.00. The number of nitrogens with zero attached hydrogens (tertiary/aromatic N) is 2. The topological polar surface area (TPSA) is 53.9 Å². The van der Waals surface area contributed by atoms with Crippen molar-refractivity contribution in [2.45, 2.75) is 45.0 Å². The number of carbonyl (C=O) groups excluding carboxylic acids is 1. The van der Waals surface area contributed by atoms with E-state index in [1.807, 2.05) is 61.5 Å². The molecule has 0 radical (unpaired) electrons. The zero-order valence-electron chi connectivity index (χ0n) is 25.9. The summed E-state index contributed by atoms with van der Waals surface area (Å²) in [6, 6.07) is 20.7. The van der Waals surface area contributed by atoms with E-state index < -0.39 is 5.92 Å². The number of esters is 1. The molecular weight excluding hydrogens is 544 g/mol. The van der Waals surface area contributed by atoms with Crippen LogP contribution in [0.3, 0.4) is 0 Å². The molecule has 0 fully saturated rings. The fraction of sp³-hybridized carbons (Fsp3) is 0.389. The summed E-state index contributed by atoms with van der Waals surface area (Å²) in [5.74, 6) is -2.99. The molecule has 0 bridgehead atoms. The molecule has 3 aromatic carbocycles. The van der Waals surface area contributed by atoms with Crippen LogP contribution in [0, 0.1) is 11.8 Å². The summed E-state index contributed by atoms with van der Waals surface area (Å²) >= 11 is 0. The number of rotatable bonds is 10. The van der Waals surface area contributed by atoms with Crippen LogP contribution in [0.5, 0.6) is 0 Å². The van der Waals surface area contributed by atoms with Crippen molar-refractivity contribution >= 4 is 23.1 Å². The van der Waals surface area contributed by atoms with E-state index in [1.165, 1.54) is 19.2 Å². The van der Waals surface area contributed by atoms with Crippen molar-refractivity contribution in [2.24, 2.45) is 16.8 Å². The molecule has 0 spiro atoms. The first-order chi connectivity index (χ1) is 20.6. The summed E-state index contributed by atoms with van der Waals surface area (Å²) in [5.41, 5.74) is 5.67. The van der Waals surface area contributed by atoms with Gasteiger partial charge in [0.05, 0.1) is 24.1 Å². The van der Waals surface area contributed by atoms with Crippen molar-refractivity contribution in [3.63, 3.8) is 0 Å². The van der Waals surface area contributed by atoms with Gasteiger partial charge in [0.15, 0.2) is 0 Å².